The third-order valence-corrected chi connectivity index (χ3v) is 3.56. The van der Waals surface area contributed by atoms with Crippen LogP contribution in [0.3, 0.4) is 0 Å². The number of ketones is 1. The number of ether oxygens (including phenoxy) is 1. The summed E-state index contributed by atoms with van der Waals surface area (Å²) in [6, 6.07) is 5.23. The number of fused-ring (bicyclic) bond motifs is 1. The topological polar surface area (TPSA) is 67.4 Å². The van der Waals surface area contributed by atoms with Crippen LogP contribution >= 0.6 is 0 Å². The highest BCUT2D eigenvalue weighted by molar-refractivity contribution is 6.01. The van der Waals surface area contributed by atoms with E-state index in [9.17, 15) is 9.59 Å². The fourth-order valence-corrected chi connectivity index (χ4v) is 2.55. The lowest BCUT2D eigenvalue weighted by Gasteiger charge is -2.23. The van der Waals surface area contributed by atoms with Crippen LogP contribution in [-0.4, -0.2) is 31.4 Å². The summed E-state index contributed by atoms with van der Waals surface area (Å²) < 4.78 is 5.28. The van der Waals surface area contributed by atoms with Gasteiger partial charge in [-0.2, -0.15) is 0 Å². The van der Waals surface area contributed by atoms with Crippen molar-refractivity contribution in [1.29, 1.82) is 0 Å². The second kappa shape index (κ2) is 5.01. The summed E-state index contributed by atoms with van der Waals surface area (Å²) in [7, 11) is 0. The molecular weight excluding hydrogens is 244 g/mol. The second-order valence-electron chi connectivity index (χ2n) is 4.96. The molecule has 0 aromatic heterocycles. The lowest BCUT2D eigenvalue weighted by atomic mass is 9.90. The molecule has 5 heteroatoms. The molecule has 2 N–H and O–H groups in total. The minimum atomic E-state index is -0.184. The molecule has 0 aliphatic carbocycles. The zero-order valence-electron chi connectivity index (χ0n) is 10.6. The fraction of sp³-hybridized carbons (Fsp3) is 0.429. The predicted octanol–water partition coefficient (Wildman–Crippen LogP) is 1.20. The first-order valence-corrected chi connectivity index (χ1v) is 6.55. The van der Waals surface area contributed by atoms with E-state index < -0.39 is 0 Å². The summed E-state index contributed by atoms with van der Waals surface area (Å²) in [6.07, 6.45) is 1.95. The van der Waals surface area contributed by atoms with Gasteiger partial charge in [-0.15, -0.1) is 0 Å². The number of anilines is 1. The standard InChI is InChI=1S/C14H16N2O3/c17-13-8-19-12-4-3-9(6-11(12)16-13)14(18)10-2-1-5-15-7-10/h3-4,6,10,15H,1-2,5,7-8H2,(H,16,17). The van der Waals surface area contributed by atoms with Crippen LogP contribution in [0.4, 0.5) is 5.69 Å². The molecule has 5 nitrogen and oxygen atoms in total. The summed E-state index contributed by atoms with van der Waals surface area (Å²) >= 11 is 0. The number of nitrogens with one attached hydrogen (secondary N) is 2. The summed E-state index contributed by atoms with van der Waals surface area (Å²) in [5.41, 5.74) is 1.23. The average molecular weight is 260 g/mol. The Morgan fingerprint density at radius 1 is 1.37 bits per heavy atom. The normalized spacial score (nSPS) is 22.1. The number of carbonyl (C=O) groups excluding carboxylic acids is 2. The largest absolute Gasteiger partial charge is 0.482 e. The Labute approximate surface area is 111 Å². The minimum Gasteiger partial charge on any atom is -0.482 e. The number of piperidine rings is 1. The molecule has 1 amide bonds. The van der Waals surface area contributed by atoms with E-state index in [1.54, 1.807) is 18.2 Å². The molecule has 1 fully saturated rings. The van der Waals surface area contributed by atoms with Gasteiger partial charge < -0.3 is 15.4 Å². The van der Waals surface area contributed by atoms with E-state index in [1.807, 2.05) is 0 Å². The van der Waals surface area contributed by atoms with Gasteiger partial charge in [0.15, 0.2) is 12.4 Å². The zero-order valence-corrected chi connectivity index (χ0v) is 10.6. The molecule has 2 aliphatic rings. The van der Waals surface area contributed by atoms with Crippen molar-refractivity contribution in [2.75, 3.05) is 25.0 Å². The van der Waals surface area contributed by atoms with E-state index in [0.29, 0.717) is 17.0 Å². The van der Waals surface area contributed by atoms with Crippen molar-refractivity contribution in [3.8, 4) is 5.75 Å². The number of hydrogen-bond donors (Lipinski definition) is 2. The minimum absolute atomic E-state index is 0.0343. The molecule has 2 heterocycles. The Morgan fingerprint density at radius 2 is 2.26 bits per heavy atom. The number of amides is 1. The molecule has 0 bridgehead atoms. The van der Waals surface area contributed by atoms with Gasteiger partial charge in [0, 0.05) is 18.0 Å². The summed E-state index contributed by atoms with van der Waals surface area (Å²) in [5, 5.41) is 5.97. The lowest BCUT2D eigenvalue weighted by molar-refractivity contribution is -0.118. The van der Waals surface area contributed by atoms with Gasteiger partial charge in [-0.3, -0.25) is 9.59 Å². The van der Waals surface area contributed by atoms with E-state index in [-0.39, 0.29) is 24.2 Å². The summed E-state index contributed by atoms with van der Waals surface area (Å²) in [6.45, 7) is 1.75. The van der Waals surface area contributed by atoms with Crippen molar-refractivity contribution in [3.05, 3.63) is 23.8 Å². The molecule has 0 saturated carbocycles. The Bertz CT molecular complexity index is 521. The Balaban J connectivity index is 1.83. The molecule has 19 heavy (non-hydrogen) atoms. The molecular formula is C14H16N2O3. The van der Waals surface area contributed by atoms with Crippen molar-refractivity contribution in [2.45, 2.75) is 12.8 Å². The highest BCUT2D eigenvalue weighted by Gasteiger charge is 2.24. The van der Waals surface area contributed by atoms with Gasteiger partial charge in [0.1, 0.15) is 5.75 Å². The van der Waals surface area contributed by atoms with Gasteiger partial charge in [-0.1, -0.05) is 0 Å². The molecule has 1 saturated heterocycles. The molecule has 0 radical (unpaired) electrons. The average Bonchev–Trinajstić information content (AvgIpc) is 2.46. The van der Waals surface area contributed by atoms with E-state index in [0.717, 1.165) is 25.9 Å². The van der Waals surface area contributed by atoms with Crippen molar-refractivity contribution in [1.82, 2.24) is 5.32 Å². The number of Topliss-reactive ketones (excluding diaryl/α,β-unsaturated/α-hetero) is 1. The van der Waals surface area contributed by atoms with Gasteiger partial charge in [0.2, 0.25) is 0 Å². The first-order chi connectivity index (χ1) is 9.24. The maximum Gasteiger partial charge on any atom is 0.262 e. The highest BCUT2D eigenvalue weighted by atomic mass is 16.5. The summed E-state index contributed by atoms with van der Waals surface area (Å²) in [5.74, 6) is 0.608. The molecule has 0 spiro atoms. The number of carbonyl (C=O) groups is 2. The van der Waals surface area contributed by atoms with Crippen LogP contribution in [0.15, 0.2) is 18.2 Å². The number of hydrogen-bond acceptors (Lipinski definition) is 4. The first kappa shape index (κ1) is 12.2. The highest BCUT2D eigenvalue weighted by Crippen LogP contribution is 2.29. The third kappa shape index (κ3) is 2.46. The monoisotopic (exact) mass is 260 g/mol. The van der Waals surface area contributed by atoms with E-state index >= 15 is 0 Å². The summed E-state index contributed by atoms with van der Waals surface area (Å²) in [4.78, 5) is 23.7. The molecule has 3 rings (SSSR count). The van der Waals surface area contributed by atoms with Crippen molar-refractivity contribution in [2.24, 2.45) is 5.92 Å². The number of benzene rings is 1. The zero-order chi connectivity index (χ0) is 13.2. The first-order valence-electron chi connectivity index (χ1n) is 6.55. The molecule has 2 aliphatic heterocycles. The Hall–Kier alpha value is -1.88. The number of rotatable bonds is 2. The third-order valence-electron chi connectivity index (χ3n) is 3.56. The van der Waals surface area contributed by atoms with E-state index in [1.165, 1.54) is 0 Å². The van der Waals surface area contributed by atoms with Crippen molar-refractivity contribution in [3.63, 3.8) is 0 Å². The SMILES string of the molecule is O=C1COc2ccc(C(=O)C3CCCNC3)cc2N1. The van der Waals surface area contributed by atoms with Crippen LogP contribution in [0, 0.1) is 5.92 Å². The molecule has 1 atom stereocenters. The Morgan fingerprint density at radius 3 is 3.05 bits per heavy atom. The van der Waals surface area contributed by atoms with Crippen LogP contribution in [0.1, 0.15) is 23.2 Å². The van der Waals surface area contributed by atoms with Gasteiger partial charge in [-0.25, -0.2) is 0 Å². The smallest absolute Gasteiger partial charge is 0.262 e. The van der Waals surface area contributed by atoms with Gasteiger partial charge in [0.05, 0.1) is 5.69 Å². The molecule has 1 aromatic carbocycles. The van der Waals surface area contributed by atoms with Gasteiger partial charge in [-0.05, 0) is 37.6 Å². The van der Waals surface area contributed by atoms with Crippen LogP contribution in [-0.2, 0) is 4.79 Å². The van der Waals surface area contributed by atoms with E-state index in [4.69, 9.17) is 4.74 Å². The van der Waals surface area contributed by atoms with Gasteiger partial charge in [0.25, 0.3) is 5.91 Å². The quantitative estimate of drug-likeness (QED) is 0.784. The van der Waals surface area contributed by atoms with Crippen molar-refractivity contribution >= 4 is 17.4 Å². The van der Waals surface area contributed by atoms with Crippen LogP contribution in [0.25, 0.3) is 0 Å². The lowest BCUT2D eigenvalue weighted by Crippen LogP contribution is -2.34. The van der Waals surface area contributed by atoms with Crippen LogP contribution in [0.5, 0.6) is 5.75 Å². The van der Waals surface area contributed by atoms with Crippen LogP contribution < -0.4 is 15.4 Å². The maximum absolute atomic E-state index is 12.4. The molecule has 100 valence electrons. The van der Waals surface area contributed by atoms with Crippen LogP contribution in [0.2, 0.25) is 0 Å². The molecule has 1 aromatic rings. The predicted molar refractivity (Wildman–Crippen MR) is 70.5 cm³/mol. The van der Waals surface area contributed by atoms with E-state index in [2.05, 4.69) is 10.6 Å². The fourth-order valence-electron chi connectivity index (χ4n) is 2.55. The van der Waals surface area contributed by atoms with Crippen molar-refractivity contribution < 1.29 is 14.3 Å². The van der Waals surface area contributed by atoms with Gasteiger partial charge >= 0.3 is 0 Å². The Kier molecular flexibility index (Phi) is 3.21. The second-order valence-corrected chi connectivity index (χ2v) is 4.96. The maximum atomic E-state index is 12.4. The molecule has 1 unspecified atom stereocenters.